The minimum atomic E-state index is -0.637. The van der Waals surface area contributed by atoms with E-state index in [1.54, 1.807) is 49.4 Å². The van der Waals surface area contributed by atoms with Crippen molar-refractivity contribution in [1.82, 2.24) is 9.78 Å². The minimum absolute atomic E-state index is 0.247. The molecule has 0 saturated heterocycles. The lowest BCUT2D eigenvalue weighted by atomic mass is 10.2. The van der Waals surface area contributed by atoms with Gasteiger partial charge in [-0.05, 0) is 38.1 Å². The Bertz CT molecular complexity index is 1110. The molecule has 1 aromatic heterocycles. The predicted molar refractivity (Wildman–Crippen MR) is 112 cm³/mol. The number of benzene rings is 2. The van der Waals surface area contributed by atoms with Crippen LogP contribution in [0.4, 0.5) is 5.69 Å². The van der Waals surface area contributed by atoms with Gasteiger partial charge in [0.1, 0.15) is 0 Å². The molecule has 0 bridgehead atoms. The molecule has 0 fully saturated rings. The molecule has 1 heterocycles. The van der Waals surface area contributed by atoms with Crippen molar-refractivity contribution in [1.29, 1.82) is 0 Å². The van der Waals surface area contributed by atoms with E-state index in [1.807, 2.05) is 6.92 Å². The summed E-state index contributed by atoms with van der Waals surface area (Å²) in [5.41, 5.74) is 0.844. The van der Waals surface area contributed by atoms with Gasteiger partial charge in [0.05, 0.1) is 24.4 Å². The molecule has 1 amide bonds. The highest BCUT2D eigenvalue weighted by Gasteiger charge is 2.17. The van der Waals surface area contributed by atoms with Gasteiger partial charge < -0.3 is 14.8 Å². The van der Waals surface area contributed by atoms with Gasteiger partial charge in [0.15, 0.2) is 17.2 Å². The number of ether oxygens (including phenoxy) is 2. The number of rotatable bonds is 6. The van der Waals surface area contributed by atoms with E-state index in [0.717, 1.165) is 0 Å². The topological polar surface area (TPSA) is 82.5 Å². The Morgan fingerprint density at radius 3 is 2.62 bits per heavy atom. The highest BCUT2D eigenvalue weighted by atomic mass is 35.5. The molecule has 0 radical (unpaired) electrons. The first-order valence-electron chi connectivity index (χ1n) is 8.92. The molecule has 2 aromatic carbocycles. The molecule has 0 aliphatic carbocycles. The summed E-state index contributed by atoms with van der Waals surface area (Å²) in [7, 11) is 1.51. The molecule has 0 unspecified atom stereocenters. The highest BCUT2D eigenvalue weighted by Crippen LogP contribution is 2.30. The van der Waals surface area contributed by atoms with Crippen LogP contribution in [-0.2, 0) is 0 Å². The van der Waals surface area contributed by atoms with Crippen molar-refractivity contribution < 1.29 is 14.3 Å². The van der Waals surface area contributed by atoms with Crippen LogP contribution in [0.3, 0.4) is 0 Å². The van der Waals surface area contributed by atoms with E-state index in [4.69, 9.17) is 21.1 Å². The monoisotopic (exact) mass is 413 g/mol. The Morgan fingerprint density at radius 2 is 1.93 bits per heavy atom. The van der Waals surface area contributed by atoms with Crippen LogP contribution in [-0.4, -0.2) is 29.4 Å². The van der Waals surface area contributed by atoms with Crippen molar-refractivity contribution in [2.75, 3.05) is 19.0 Å². The fourth-order valence-electron chi connectivity index (χ4n) is 2.78. The van der Waals surface area contributed by atoms with Crippen LogP contribution in [0.25, 0.3) is 5.69 Å². The summed E-state index contributed by atoms with van der Waals surface area (Å²) < 4.78 is 12.2. The predicted octanol–water partition coefficient (Wildman–Crippen LogP) is 3.85. The number of para-hydroxylation sites is 1. The smallest absolute Gasteiger partial charge is 0.280 e. The number of amides is 1. The van der Waals surface area contributed by atoms with E-state index in [-0.39, 0.29) is 5.69 Å². The van der Waals surface area contributed by atoms with Gasteiger partial charge in [-0.15, -0.1) is 0 Å². The number of hydrogen-bond donors (Lipinski definition) is 1. The third-order valence-corrected chi connectivity index (χ3v) is 4.44. The first-order valence-corrected chi connectivity index (χ1v) is 9.30. The van der Waals surface area contributed by atoms with E-state index < -0.39 is 11.3 Å². The Balaban J connectivity index is 1.95. The molecule has 0 saturated carbocycles. The maximum atomic E-state index is 12.7. The summed E-state index contributed by atoms with van der Waals surface area (Å²) >= 11 is 6.24. The van der Waals surface area contributed by atoms with Gasteiger partial charge in [0, 0.05) is 23.5 Å². The molecular weight excluding hydrogens is 394 g/mol. The van der Waals surface area contributed by atoms with Crippen LogP contribution >= 0.6 is 11.6 Å². The van der Waals surface area contributed by atoms with Crippen molar-refractivity contribution in [2.24, 2.45) is 0 Å². The van der Waals surface area contributed by atoms with E-state index >= 15 is 0 Å². The SMILES string of the molecule is CCOc1ccc(NC(=O)c2nn(-c3ccccc3Cl)c(C)cc2=O)cc1OC. The number of anilines is 1. The first kappa shape index (κ1) is 20.4. The minimum Gasteiger partial charge on any atom is -0.493 e. The average molecular weight is 414 g/mol. The van der Waals surface area contributed by atoms with Crippen molar-refractivity contribution >= 4 is 23.2 Å². The summed E-state index contributed by atoms with van der Waals surface area (Å²) in [6.45, 7) is 4.07. The third-order valence-electron chi connectivity index (χ3n) is 4.12. The first-order chi connectivity index (χ1) is 13.9. The fourth-order valence-corrected chi connectivity index (χ4v) is 3.00. The molecule has 7 nitrogen and oxygen atoms in total. The quantitative estimate of drug-likeness (QED) is 0.663. The summed E-state index contributed by atoms with van der Waals surface area (Å²) in [4.78, 5) is 25.1. The van der Waals surface area contributed by atoms with Gasteiger partial charge in [-0.25, -0.2) is 4.68 Å². The highest BCUT2D eigenvalue weighted by molar-refractivity contribution is 6.32. The zero-order chi connectivity index (χ0) is 21.0. The molecule has 0 atom stereocenters. The van der Waals surface area contributed by atoms with Gasteiger partial charge in [-0.2, -0.15) is 5.10 Å². The second-order valence-corrected chi connectivity index (χ2v) is 6.52. The number of carbonyl (C=O) groups is 1. The maximum absolute atomic E-state index is 12.7. The van der Waals surface area contributed by atoms with Crippen LogP contribution in [0.15, 0.2) is 53.3 Å². The lowest BCUT2D eigenvalue weighted by Crippen LogP contribution is -2.27. The summed E-state index contributed by atoms with van der Waals surface area (Å²) in [5.74, 6) is 0.388. The molecule has 3 rings (SSSR count). The van der Waals surface area contributed by atoms with Gasteiger partial charge in [0.25, 0.3) is 5.91 Å². The fraction of sp³-hybridized carbons (Fsp3) is 0.190. The molecule has 0 aliphatic heterocycles. The molecule has 29 heavy (non-hydrogen) atoms. The van der Waals surface area contributed by atoms with Crippen molar-refractivity contribution in [3.8, 4) is 17.2 Å². The van der Waals surface area contributed by atoms with Gasteiger partial charge in [-0.3, -0.25) is 9.59 Å². The second kappa shape index (κ2) is 8.79. The van der Waals surface area contributed by atoms with Gasteiger partial charge >= 0.3 is 0 Å². The van der Waals surface area contributed by atoms with E-state index in [0.29, 0.717) is 40.2 Å². The molecule has 150 valence electrons. The standard InChI is InChI=1S/C21H20ClN3O4/c1-4-29-18-10-9-14(12-19(18)28-3)23-21(27)20-17(26)11-13(2)25(24-20)16-8-6-5-7-15(16)22/h5-12H,4H2,1-3H3,(H,23,27). The largest absolute Gasteiger partial charge is 0.493 e. The molecule has 0 aliphatic rings. The number of aromatic nitrogens is 2. The normalized spacial score (nSPS) is 10.5. The van der Waals surface area contributed by atoms with Crippen LogP contribution in [0, 0.1) is 6.92 Å². The van der Waals surface area contributed by atoms with E-state index in [9.17, 15) is 9.59 Å². The second-order valence-electron chi connectivity index (χ2n) is 6.11. The Hall–Kier alpha value is -3.32. The van der Waals surface area contributed by atoms with Crippen molar-refractivity contribution in [3.63, 3.8) is 0 Å². The van der Waals surface area contributed by atoms with Crippen molar-refractivity contribution in [3.05, 3.63) is 75.2 Å². The maximum Gasteiger partial charge on any atom is 0.280 e. The number of nitrogens with one attached hydrogen (secondary N) is 1. The zero-order valence-corrected chi connectivity index (χ0v) is 17.0. The number of aryl methyl sites for hydroxylation is 1. The summed E-state index contributed by atoms with van der Waals surface area (Å²) in [6, 6.07) is 13.4. The van der Waals surface area contributed by atoms with Gasteiger partial charge in [0.2, 0.25) is 5.43 Å². The molecule has 3 aromatic rings. The third kappa shape index (κ3) is 4.41. The molecule has 8 heteroatoms. The van der Waals surface area contributed by atoms with E-state index in [1.165, 1.54) is 17.9 Å². The Morgan fingerprint density at radius 1 is 1.17 bits per heavy atom. The lowest BCUT2D eigenvalue weighted by molar-refractivity contribution is 0.101. The number of methoxy groups -OCH3 is 1. The Labute approximate surface area is 172 Å². The summed E-state index contributed by atoms with van der Waals surface area (Å²) in [6.07, 6.45) is 0. The number of halogens is 1. The van der Waals surface area contributed by atoms with Crippen LogP contribution < -0.4 is 20.2 Å². The van der Waals surface area contributed by atoms with E-state index in [2.05, 4.69) is 10.4 Å². The molecule has 0 spiro atoms. The average Bonchev–Trinajstić information content (AvgIpc) is 2.70. The Kier molecular flexibility index (Phi) is 6.19. The molecular formula is C21H20ClN3O4. The summed E-state index contributed by atoms with van der Waals surface area (Å²) in [5, 5.41) is 7.37. The van der Waals surface area contributed by atoms with Crippen molar-refractivity contribution in [2.45, 2.75) is 13.8 Å². The molecule has 1 N–H and O–H groups in total. The van der Waals surface area contributed by atoms with Crippen LogP contribution in [0.5, 0.6) is 11.5 Å². The zero-order valence-electron chi connectivity index (χ0n) is 16.2. The lowest BCUT2D eigenvalue weighted by Gasteiger charge is -2.13. The number of carbonyl (C=O) groups excluding carboxylic acids is 1. The number of nitrogens with zero attached hydrogens (tertiary/aromatic N) is 2. The van der Waals surface area contributed by atoms with Gasteiger partial charge in [-0.1, -0.05) is 23.7 Å². The number of hydrogen-bond acceptors (Lipinski definition) is 5. The van der Waals surface area contributed by atoms with Crippen LogP contribution in [0.1, 0.15) is 23.1 Å². The van der Waals surface area contributed by atoms with Crippen LogP contribution in [0.2, 0.25) is 5.02 Å².